The van der Waals surface area contributed by atoms with E-state index in [0.29, 0.717) is 30.7 Å². The lowest BCUT2D eigenvalue weighted by molar-refractivity contribution is -0.145. The maximum absolute atomic E-state index is 12.0. The number of amides is 2. The van der Waals surface area contributed by atoms with Crippen LogP contribution in [0.3, 0.4) is 0 Å². The molecule has 122 valence electrons. The summed E-state index contributed by atoms with van der Waals surface area (Å²) >= 11 is 0. The van der Waals surface area contributed by atoms with Crippen molar-refractivity contribution in [3.63, 3.8) is 0 Å². The predicted molar refractivity (Wildman–Crippen MR) is 82.0 cm³/mol. The Morgan fingerprint density at radius 2 is 2.18 bits per heavy atom. The molecule has 0 aromatic carbocycles. The number of hydrogen-bond acceptors (Lipinski definition) is 4. The molecule has 0 unspecified atom stereocenters. The van der Waals surface area contributed by atoms with Crippen molar-refractivity contribution >= 4 is 11.8 Å². The van der Waals surface area contributed by atoms with Gasteiger partial charge in [0.25, 0.3) is 0 Å². The zero-order chi connectivity index (χ0) is 16.1. The Morgan fingerprint density at radius 3 is 2.77 bits per heavy atom. The summed E-state index contributed by atoms with van der Waals surface area (Å²) in [6, 6.07) is 1.86. The molecule has 2 heterocycles. The van der Waals surface area contributed by atoms with Crippen molar-refractivity contribution in [1.29, 1.82) is 0 Å². The van der Waals surface area contributed by atoms with Gasteiger partial charge in [0, 0.05) is 25.1 Å². The van der Waals surface area contributed by atoms with E-state index in [1.807, 2.05) is 6.07 Å². The first-order chi connectivity index (χ1) is 10.5. The molecule has 0 radical (unpaired) electrons. The van der Waals surface area contributed by atoms with Crippen LogP contribution in [0.15, 0.2) is 10.6 Å². The van der Waals surface area contributed by atoms with Gasteiger partial charge in [0.15, 0.2) is 5.76 Å². The molecule has 0 bridgehead atoms. The van der Waals surface area contributed by atoms with Gasteiger partial charge in [-0.05, 0) is 25.2 Å². The van der Waals surface area contributed by atoms with Gasteiger partial charge in [-0.1, -0.05) is 25.9 Å². The van der Waals surface area contributed by atoms with Gasteiger partial charge in [-0.3, -0.25) is 9.59 Å². The molecule has 0 aliphatic carbocycles. The summed E-state index contributed by atoms with van der Waals surface area (Å²) in [5.41, 5.74) is 0.911. The Labute approximate surface area is 131 Å². The monoisotopic (exact) mass is 307 g/mol. The Morgan fingerprint density at radius 1 is 1.45 bits per heavy atom. The second kappa shape index (κ2) is 7.42. The molecule has 6 heteroatoms. The van der Waals surface area contributed by atoms with E-state index in [4.69, 9.17) is 4.52 Å². The van der Waals surface area contributed by atoms with Crippen LogP contribution >= 0.6 is 0 Å². The predicted octanol–water partition coefficient (Wildman–Crippen LogP) is 2.06. The van der Waals surface area contributed by atoms with Crippen LogP contribution in [0, 0.1) is 5.92 Å². The van der Waals surface area contributed by atoms with E-state index >= 15 is 0 Å². The van der Waals surface area contributed by atoms with E-state index in [2.05, 4.69) is 31.2 Å². The molecular weight excluding hydrogens is 282 g/mol. The van der Waals surface area contributed by atoms with E-state index in [0.717, 1.165) is 25.0 Å². The highest BCUT2D eigenvalue weighted by atomic mass is 16.5. The number of carbonyl (C=O) groups excluding carboxylic acids is 2. The van der Waals surface area contributed by atoms with Crippen LogP contribution < -0.4 is 5.32 Å². The average molecular weight is 307 g/mol. The van der Waals surface area contributed by atoms with E-state index in [1.54, 1.807) is 4.90 Å². The van der Waals surface area contributed by atoms with E-state index < -0.39 is 11.8 Å². The number of carbonyl (C=O) groups is 2. The van der Waals surface area contributed by atoms with E-state index in [-0.39, 0.29) is 6.54 Å². The normalized spacial score (nSPS) is 18.0. The Hall–Kier alpha value is -1.85. The fourth-order valence-electron chi connectivity index (χ4n) is 2.82. The molecule has 1 fully saturated rings. The highest BCUT2D eigenvalue weighted by Crippen LogP contribution is 2.22. The lowest BCUT2D eigenvalue weighted by atomic mass is 9.99. The quantitative estimate of drug-likeness (QED) is 0.845. The van der Waals surface area contributed by atoms with Gasteiger partial charge >= 0.3 is 11.8 Å². The fraction of sp³-hybridized carbons (Fsp3) is 0.688. The molecule has 1 aromatic rings. The van der Waals surface area contributed by atoms with Crippen LogP contribution in [-0.2, 0) is 16.1 Å². The average Bonchev–Trinajstić information content (AvgIpc) is 3.15. The summed E-state index contributed by atoms with van der Waals surface area (Å²) < 4.78 is 5.23. The molecule has 1 N–H and O–H groups in total. The van der Waals surface area contributed by atoms with Crippen molar-refractivity contribution < 1.29 is 14.1 Å². The summed E-state index contributed by atoms with van der Waals surface area (Å²) in [5.74, 6) is 0.394. The molecule has 1 aliphatic heterocycles. The van der Waals surface area contributed by atoms with Crippen molar-refractivity contribution in [3.8, 4) is 0 Å². The molecule has 1 aromatic heterocycles. The molecule has 2 rings (SSSR count). The Balaban J connectivity index is 1.85. The number of aromatic nitrogens is 1. The molecule has 1 aliphatic rings. The third-order valence-corrected chi connectivity index (χ3v) is 4.31. The molecule has 2 amide bonds. The maximum atomic E-state index is 12.0. The number of rotatable bonds is 5. The molecular formula is C16H25N3O3. The van der Waals surface area contributed by atoms with Gasteiger partial charge in [0.1, 0.15) is 0 Å². The Bertz CT molecular complexity index is 522. The van der Waals surface area contributed by atoms with Crippen molar-refractivity contribution in [2.75, 3.05) is 13.1 Å². The van der Waals surface area contributed by atoms with Crippen molar-refractivity contribution in [3.05, 3.63) is 17.5 Å². The third kappa shape index (κ3) is 3.87. The van der Waals surface area contributed by atoms with Gasteiger partial charge in [-0.25, -0.2) is 0 Å². The van der Waals surface area contributed by atoms with Gasteiger partial charge in [0.2, 0.25) is 0 Å². The van der Waals surface area contributed by atoms with Crippen LogP contribution in [0.1, 0.15) is 57.4 Å². The molecule has 6 nitrogen and oxygen atoms in total. The molecule has 0 spiro atoms. The van der Waals surface area contributed by atoms with Gasteiger partial charge in [-0.15, -0.1) is 0 Å². The molecule has 22 heavy (non-hydrogen) atoms. The first-order valence-electron chi connectivity index (χ1n) is 8.07. The second-order valence-corrected chi connectivity index (χ2v) is 6.06. The first-order valence-corrected chi connectivity index (χ1v) is 8.07. The van der Waals surface area contributed by atoms with Crippen molar-refractivity contribution in [2.24, 2.45) is 5.92 Å². The number of nitrogens with zero attached hydrogens (tertiary/aromatic N) is 2. The standard InChI is InChI=1S/C16H25N3O3/c1-4-12(5-2)14-8-13(22-18-14)9-17-15(20)16(21)19-7-6-11(3)10-19/h8,11-12H,4-7,9-10H2,1-3H3,(H,17,20)/t11-/m1/s1. The molecule has 0 saturated carbocycles. The van der Waals surface area contributed by atoms with Crippen LogP contribution in [0.4, 0.5) is 0 Å². The number of likely N-dealkylation sites (tertiary alicyclic amines) is 1. The zero-order valence-electron chi connectivity index (χ0n) is 13.6. The SMILES string of the molecule is CCC(CC)c1cc(CNC(=O)C(=O)N2CC[C@@H](C)C2)on1. The highest BCUT2D eigenvalue weighted by Gasteiger charge is 2.27. The van der Waals surface area contributed by atoms with E-state index in [9.17, 15) is 9.59 Å². The first kappa shape index (κ1) is 16.5. The van der Waals surface area contributed by atoms with Crippen LogP contribution in [-0.4, -0.2) is 35.0 Å². The van der Waals surface area contributed by atoms with Crippen molar-refractivity contribution in [2.45, 2.75) is 52.5 Å². The smallest absolute Gasteiger partial charge is 0.311 e. The number of hydrogen-bond donors (Lipinski definition) is 1. The fourth-order valence-corrected chi connectivity index (χ4v) is 2.82. The number of nitrogens with one attached hydrogen (secondary N) is 1. The van der Waals surface area contributed by atoms with Crippen molar-refractivity contribution in [1.82, 2.24) is 15.4 Å². The van der Waals surface area contributed by atoms with Crippen LogP contribution in [0.25, 0.3) is 0 Å². The van der Waals surface area contributed by atoms with Gasteiger partial charge < -0.3 is 14.7 Å². The lowest BCUT2D eigenvalue weighted by Crippen LogP contribution is -2.41. The summed E-state index contributed by atoms with van der Waals surface area (Å²) in [4.78, 5) is 25.5. The summed E-state index contributed by atoms with van der Waals surface area (Å²) in [6.45, 7) is 7.82. The topological polar surface area (TPSA) is 75.4 Å². The minimum atomic E-state index is -0.574. The highest BCUT2D eigenvalue weighted by molar-refractivity contribution is 6.35. The molecule has 1 saturated heterocycles. The van der Waals surface area contributed by atoms with E-state index in [1.165, 1.54) is 0 Å². The van der Waals surface area contributed by atoms with Crippen LogP contribution in [0.2, 0.25) is 0 Å². The summed E-state index contributed by atoms with van der Waals surface area (Å²) in [7, 11) is 0. The van der Waals surface area contributed by atoms with Gasteiger partial charge in [0.05, 0.1) is 12.2 Å². The summed E-state index contributed by atoms with van der Waals surface area (Å²) in [5, 5.41) is 6.66. The van der Waals surface area contributed by atoms with Gasteiger partial charge in [-0.2, -0.15) is 0 Å². The second-order valence-electron chi connectivity index (χ2n) is 6.06. The zero-order valence-corrected chi connectivity index (χ0v) is 13.6. The Kier molecular flexibility index (Phi) is 5.57. The molecule has 1 atom stereocenters. The van der Waals surface area contributed by atoms with Crippen LogP contribution in [0.5, 0.6) is 0 Å². The third-order valence-electron chi connectivity index (χ3n) is 4.31. The minimum absolute atomic E-state index is 0.196. The summed E-state index contributed by atoms with van der Waals surface area (Å²) in [6.07, 6.45) is 2.96. The lowest BCUT2D eigenvalue weighted by Gasteiger charge is -2.14. The largest absolute Gasteiger partial charge is 0.359 e. The maximum Gasteiger partial charge on any atom is 0.311 e. The minimum Gasteiger partial charge on any atom is -0.359 e.